The number of hydrogen-bond acceptors (Lipinski definition) is 5. The van der Waals surface area contributed by atoms with E-state index in [1.807, 2.05) is 17.5 Å². The number of ether oxygens (including phenoxy) is 1. The largest absolute Gasteiger partial charge is 0.375 e. The molecule has 2 saturated heterocycles. The lowest BCUT2D eigenvalue weighted by atomic mass is 10.0. The Kier molecular flexibility index (Phi) is 5.33. The summed E-state index contributed by atoms with van der Waals surface area (Å²) in [5, 5.41) is 1.92. The average molecular weight is 417 g/mol. The lowest BCUT2D eigenvalue weighted by Gasteiger charge is -2.43. The summed E-state index contributed by atoms with van der Waals surface area (Å²) in [5.74, 6) is -1.37. The zero-order valence-corrected chi connectivity index (χ0v) is 16.6. The van der Waals surface area contributed by atoms with E-state index in [0.29, 0.717) is 19.5 Å². The van der Waals surface area contributed by atoms with Gasteiger partial charge in [-0.2, -0.15) is 0 Å². The first-order valence-corrected chi connectivity index (χ1v) is 10.1. The molecule has 2 atom stereocenters. The van der Waals surface area contributed by atoms with Crippen LogP contribution in [0.5, 0.6) is 0 Å². The van der Waals surface area contributed by atoms with Crippen molar-refractivity contribution in [2.24, 2.45) is 0 Å². The Hall–Kier alpha value is -2.78. The Labute approximate surface area is 171 Å². The number of benzene rings is 1. The van der Waals surface area contributed by atoms with Crippen LogP contribution in [-0.2, 0) is 20.9 Å². The molecular weight excluding hydrogens is 397 g/mol. The van der Waals surface area contributed by atoms with Crippen molar-refractivity contribution in [3.63, 3.8) is 0 Å². The topological polar surface area (TPSA) is 70.2 Å². The molecule has 3 heterocycles. The van der Waals surface area contributed by atoms with Gasteiger partial charge in [0.05, 0.1) is 18.3 Å². The number of likely N-dealkylation sites (tertiary alicyclic amines) is 1. The number of hydrogen-bond donors (Lipinski definition) is 0. The number of amides is 4. The molecule has 9 heteroatoms. The van der Waals surface area contributed by atoms with Gasteiger partial charge < -0.3 is 14.5 Å². The van der Waals surface area contributed by atoms with Crippen molar-refractivity contribution in [1.29, 1.82) is 0 Å². The van der Waals surface area contributed by atoms with Gasteiger partial charge in [-0.1, -0.05) is 12.1 Å². The molecule has 4 rings (SSSR count). The van der Waals surface area contributed by atoms with E-state index >= 15 is 0 Å². The number of imide groups is 1. The quantitative estimate of drug-likeness (QED) is 0.750. The van der Waals surface area contributed by atoms with E-state index < -0.39 is 29.8 Å². The summed E-state index contributed by atoms with van der Waals surface area (Å²) in [7, 11) is 1.42. The van der Waals surface area contributed by atoms with Crippen LogP contribution in [0.25, 0.3) is 0 Å². The van der Waals surface area contributed by atoms with Gasteiger partial charge in [-0.3, -0.25) is 9.59 Å². The Morgan fingerprint density at radius 3 is 2.79 bits per heavy atom. The molecule has 1 aromatic carbocycles. The zero-order valence-electron chi connectivity index (χ0n) is 15.8. The van der Waals surface area contributed by atoms with Crippen molar-refractivity contribution in [1.82, 2.24) is 9.80 Å². The lowest BCUT2D eigenvalue weighted by molar-refractivity contribution is -0.141. The Morgan fingerprint density at radius 2 is 2.10 bits per heavy atom. The molecule has 29 heavy (non-hydrogen) atoms. The first-order chi connectivity index (χ1) is 14.0. The molecule has 0 saturated carbocycles. The van der Waals surface area contributed by atoms with Crippen molar-refractivity contribution >= 4 is 34.9 Å². The highest BCUT2D eigenvalue weighted by atomic mass is 32.1. The van der Waals surface area contributed by atoms with Gasteiger partial charge in [0.15, 0.2) is 0 Å². The molecule has 1 aromatic heterocycles. The molecule has 0 bridgehead atoms. The number of carbonyl (C=O) groups is 3. The summed E-state index contributed by atoms with van der Waals surface area (Å²) in [6.45, 7) is 0.535. The minimum Gasteiger partial charge on any atom is -0.375 e. The van der Waals surface area contributed by atoms with E-state index in [4.69, 9.17) is 4.74 Å². The Bertz CT molecular complexity index is 936. The SMILES string of the molecule is COCC(=O)N1CC[C@H]2[C@H]1C(=O)N(c1cccc(F)c1)C(=O)N2Cc1cccs1. The van der Waals surface area contributed by atoms with Gasteiger partial charge in [-0.05, 0) is 36.1 Å². The van der Waals surface area contributed by atoms with Crippen molar-refractivity contribution in [2.75, 3.05) is 25.2 Å². The van der Waals surface area contributed by atoms with E-state index in [2.05, 4.69) is 0 Å². The molecule has 0 spiro atoms. The molecule has 0 radical (unpaired) electrons. The Balaban J connectivity index is 1.73. The van der Waals surface area contributed by atoms with Crippen molar-refractivity contribution in [2.45, 2.75) is 25.0 Å². The minimum atomic E-state index is -0.821. The molecule has 2 aromatic rings. The maximum atomic E-state index is 13.8. The van der Waals surface area contributed by atoms with Crippen LogP contribution in [0.15, 0.2) is 41.8 Å². The second-order valence-electron chi connectivity index (χ2n) is 6.96. The average Bonchev–Trinajstić information content (AvgIpc) is 3.35. The number of halogens is 1. The van der Waals surface area contributed by atoms with Crippen LogP contribution in [-0.4, -0.2) is 60.0 Å². The molecule has 0 aliphatic carbocycles. The van der Waals surface area contributed by atoms with Crippen LogP contribution in [0.1, 0.15) is 11.3 Å². The third-order valence-corrected chi connectivity index (χ3v) is 6.10. The van der Waals surface area contributed by atoms with Gasteiger partial charge in [-0.25, -0.2) is 14.1 Å². The van der Waals surface area contributed by atoms with E-state index in [9.17, 15) is 18.8 Å². The summed E-state index contributed by atoms with van der Waals surface area (Å²) < 4.78 is 18.8. The molecule has 152 valence electrons. The van der Waals surface area contributed by atoms with Crippen LogP contribution in [0, 0.1) is 5.82 Å². The number of carbonyl (C=O) groups excluding carboxylic acids is 3. The van der Waals surface area contributed by atoms with Crippen molar-refractivity contribution in [3.8, 4) is 0 Å². The number of fused-ring (bicyclic) bond motifs is 1. The summed E-state index contributed by atoms with van der Waals surface area (Å²) in [6, 6.07) is 7.41. The monoisotopic (exact) mass is 417 g/mol. The number of anilines is 1. The first-order valence-electron chi connectivity index (χ1n) is 9.22. The number of urea groups is 1. The molecular formula is C20H20FN3O4S. The summed E-state index contributed by atoms with van der Waals surface area (Å²) in [6.07, 6.45) is 0.500. The van der Waals surface area contributed by atoms with E-state index in [-0.39, 0.29) is 18.2 Å². The highest BCUT2D eigenvalue weighted by Gasteiger charge is 2.53. The van der Waals surface area contributed by atoms with Crippen molar-refractivity contribution in [3.05, 3.63) is 52.5 Å². The van der Waals surface area contributed by atoms with Crippen LogP contribution in [0.3, 0.4) is 0 Å². The maximum absolute atomic E-state index is 13.8. The second-order valence-corrected chi connectivity index (χ2v) is 8.00. The summed E-state index contributed by atoms with van der Waals surface area (Å²) >= 11 is 1.51. The fourth-order valence-electron chi connectivity index (χ4n) is 3.99. The van der Waals surface area contributed by atoms with Crippen LogP contribution < -0.4 is 4.90 Å². The van der Waals surface area contributed by atoms with Gasteiger partial charge in [0.1, 0.15) is 18.5 Å². The number of thiophene rings is 1. The highest BCUT2D eigenvalue weighted by molar-refractivity contribution is 7.09. The van der Waals surface area contributed by atoms with E-state index in [1.54, 1.807) is 4.90 Å². The summed E-state index contributed by atoms with van der Waals surface area (Å²) in [5.41, 5.74) is 0.153. The van der Waals surface area contributed by atoms with Gasteiger partial charge in [0.2, 0.25) is 5.91 Å². The molecule has 0 unspecified atom stereocenters. The molecule has 2 fully saturated rings. The minimum absolute atomic E-state index is 0.144. The maximum Gasteiger partial charge on any atom is 0.332 e. The zero-order chi connectivity index (χ0) is 20.5. The number of rotatable bonds is 5. The van der Waals surface area contributed by atoms with Crippen LogP contribution in [0.4, 0.5) is 14.9 Å². The predicted molar refractivity (Wildman–Crippen MR) is 105 cm³/mol. The Morgan fingerprint density at radius 1 is 1.28 bits per heavy atom. The van der Waals surface area contributed by atoms with Crippen LogP contribution >= 0.6 is 11.3 Å². The standard InChI is InChI=1S/C20H20FN3O4S/c1-28-12-17(25)22-8-7-16-18(22)19(26)24(14-5-2-4-13(21)10-14)20(27)23(16)11-15-6-3-9-29-15/h2-6,9-10,16,18H,7-8,11-12H2,1H3/t16-,18-/m0/s1. The van der Waals surface area contributed by atoms with E-state index in [0.717, 1.165) is 15.8 Å². The lowest BCUT2D eigenvalue weighted by Crippen LogP contribution is -2.66. The molecule has 7 nitrogen and oxygen atoms in total. The summed E-state index contributed by atoms with van der Waals surface area (Å²) in [4.78, 5) is 44.2. The fourth-order valence-corrected chi connectivity index (χ4v) is 4.69. The smallest absolute Gasteiger partial charge is 0.332 e. The number of nitrogens with zero attached hydrogens (tertiary/aromatic N) is 3. The van der Waals surface area contributed by atoms with E-state index in [1.165, 1.54) is 41.5 Å². The third-order valence-electron chi connectivity index (χ3n) is 5.24. The molecule has 0 N–H and O–H groups in total. The van der Waals surface area contributed by atoms with Gasteiger partial charge in [-0.15, -0.1) is 11.3 Å². The van der Waals surface area contributed by atoms with Gasteiger partial charge in [0.25, 0.3) is 5.91 Å². The highest BCUT2D eigenvalue weighted by Crippen LogP contribution is 2.34. The fraction of sp³-hybridized carbons (Fsp3) is 0.350. The third kappa shape index (κ3) is 3.51. The second kappa shape index (κ2) is 7.92. The number of methoxy groups -OCH3 is 1. The van der Waals surface area contributed by atoms with Gasteiger partial charge >= 0.3 is 6.03 Å². The van der Waals surface area contributed by atoms with Gasteiger partial charge in [0, 0.05) is 18.5 Å². The normalized spacial score (nSPS) is 21.7. The molecule has 2 aliphatic rings. The first kappa shape index (κ1) is 19.5. The predicted octanol–water partition coefficient (Wildman–Crippen LogP) is 2.47. The van der Waals surface area contributed by atoms with Crippen LogP contribution in [0.2, 0.25) is 0 Å². The molecule has 2 aliphatic heterocycles. The molecule has 4 amide bonds. The van der Waals surface area contributed by atoms with Crippen molar-refractivity contribution < 1.29 is 23.5 Å².